The number of H-pyrrole nitrogens is 1. The quantitative estimate of drug-likeness (QED) is 0.579. The minimum atomic E-state index is -0.286. The van der Waals surface area contributed by atoms with Crippen molar-refractivity contribution in [3.8, 4) is 23.1 Å². The van der Waals surface area contributed by atoms with Gasteiger partial charge in [0.2, 0.25) is 12.7 Å². The zero-order valence-corrected chi connectivity index (χ0v) is 13.4. The predicted molar refractivity (Wildman–Crippen MR) is 89.6 cm³/mol. The lowest BCUT2D eigenvalue weighted by Crippen LogP contribution is -2.24. The fraction of sp³-hybridized carbons (Fsp3) is 0.158. The molecule has 1 atom stereocenters. The van der Waals surface area contributed by atoms with Crippen molar-refractivity contribution in [1.29, 1.82) is 0 Å². The first-order chi connectivity index (χ1) is 12.2. The highest BCUT2D eigenvalue weighted by Crippen LogP contribution is 2.49. The van der Waals surface area contributed by atoms with Gasteiger partial charge in [-0.3, -0.25) is 4.79 Å². The van der Waals surface area contributed by atoms with E-state index in [0.717, 1.165) is 11.1 Å². The average Bonchev–Trinajstić information content (AvgIpc) is 3.06. The van der Waals surface area contributed by atoms with Gasteiger partial charge in [0, 0.05) is 17.5 Å². The van der Waals surface area contributed by atoms with Gasteiger partial charge in [0.05, 0.1) is 5.56 Å². The van der Waals surface area contributed by atoms with Crippen molar-refractivity contribution in [2.75, 3.05) is 6.79 Å². The van der Waals surface area contributed by atoms with Crippen molar-refractivity contribution in [3.05, 3.63) is 75.3 Å². The number of benzene rings is 2. The molecule has 1 N–H and O–H groups in total. The Morgan fingerprint density at radius 2 is 1.84 bits per heavy atom. The Hall–Kier alpha value is -3.28. The molecule has 6 nitrogen and oxygen atoms in total. The van der Waals surface area contributed by atoms with Crippen LogP contribution in [0.3, 0.4) is 0 Å². The standard InChI is InChI=1S/C19H14N2O4/c1-10-20-18(22)17-16(11-5-3-2-4-6-11)12-7-14-15(24-9-23-14)8-13(12)25-19(17)21-10/h2-8,16H,9H2,1H3,(H,20,21,22)/t16-/m0/s1. The maximum absolute atomic E-state index is 12.7. The summed E-state index contributed by atoms with van der Waals surface area (Å²) in [6, 6.07) is 13.5. The number of nitrogens with one attached hydrogen (secondary N) is 1. The molecule has 2 aliphatic rings. The molecule has 0 saturated heterocycles. The number of fused-ring (bicyclic) bond motifs is 3. The zero-order chi connectivity index (χ0) is 17.0. The lowest BCUT2D eigenvalue weighted by atomic mass is 9.84. The molecule has 0 aliphatic carbocycles. The molecule has 6 heteroatoms. The minimum Gasteiger partial charge on any atom is -0.454 e. The molecule has 2 aromatic carbocycles. The van der Waals surface area contributed by atoms with Crippen LogP contribution < -0.4 is 19.8 Å². The van der Waals surface area contributed by atoms with Gasteiger partial charge in [-0.05, 0) is 18.6 Å². The molecule has 0 radical (unpaired) electrons. The number of hydrogen-bond acceptors (Lipinski definition) is 5. The smallest absolute Gasteiger partial charge is 0.258 e. The molecule has 3 heterocycles. The van der Waals surface area contributed by atoms with Gasteiger partial charge < -0.3 is 19.2 Å². The van der Waals surface area contributed by atoms with E-state index in [9.17, 15) is 4.79 Å². The summed E-state index contributed by atoms with van der Waals surface area (Å²) in [7, 11) is 0. The number of aromatic amines is 1. The van der Waals surface area contributed by atoms with Crippen molar-refractivity contribution in [2.45, 2.75) is 12.8 Å². The summed E-state index contributed by atoms with van der Waals surface area (Å²) < 4.78 is 16.9. The lowest BCUT2D eigenvalue weighted by molar-refractivity contribution is 0.174. The van der Waals surface area contributed by atoms with Crippen LogP contribution in [0.4, 0.5) is 0 Å². The van der Waals surface area contributed by atoms with Crippen LogP contribution in [-0.4, -0.2) is 16.8 Å². The van der Waals surface area contributed by atoms with Crippen LogP contribution in [0.15, 0.2) is 47.3 Å². The first kappa shape index (κ1) is 14.1. The molecule has 124 valence electrons. The molecule has 0 amide bonds. The molecule has 5 rings (SSSR count). The monoisotopic (exact) mass is 334 g/mol. The van der Waals surface area contributed by atoms with E-state index < -0.39 is 0 Å². The minimum absolute atomic E-state index is 0.180. The van der Waals surface area contributed by atoms with Crippen LogP contribution >= 0.6 is 0 Å². The Kier molecular flexibility index (Phi) is 2.88. The van der Waals surface area contributed by atoms with Gasteiger partial charge in [-0.25, -0.2) is 0 Å². The number of aryl methyl sites for hydroxylation is 1. The topological polar surface area (TPSA) is 73.4 Å². The average molecular weight is 334 g/mol. The summed E-state index contributed by atoms with van der Waals surface area (Å²) in [6.07, 6.45) is 0. The van der Waals surface area contributed by atoms with Crippen LogP contribution in [0, 0.1) is 6.92 Å². The van der Waals surface area contributed by atoms with E-state index in [1.807, 2.05) is 36.4 Å². The normalized spacial score (nSPS) is 16.8. The van der Waals surface area contributed by atoms with Gasteiger partial charge in [0.1, 0.15) is 11.6 Å². The third-order valence-corrected chi connectivity index (χ3v) is 4.48. The summed E-state index contributed by atoms with van der Waals surface area (Å²) in [6.45, 7) is 1.91. The highest BCUT2D eigenvalue weighted by molar-refractivity contribution is 5.61. The number of rotatable bonds is 1. The van der Waals surface area contributed by atoms with E-state index >= 15 is 0 Å². The highest BCUT2D eigenvalue weighted by Gasteiger charge is 2.34. The first-order valence-corrected chi connectivity index (χ1v) is 7.98. The summed E-state index contributed by atoms with van der Waals surface area (Å²) in [5.74, 6) is 2.48. The van der Waals surface area contributed by atoms with Crippen LogP contribution in [-0.2, 0) is 0 Å². The van der Waals surface area contributed by atoms with Crippen LogP contribution in [0.25, 0.3) is 0 Å². The van der Waals surface area contributed by atoms with Gasteiger partial charge in [0.25, 0.3) is 5.56 Å². The van der Waals surface area contributed by atoms with Crippen LogP contribution in [0.2, 0.25) is 0 Å². The molecule has 0 fully saturated rings. The van der Waals surface area contributed by atoms with Crippen LogP contribution in [0.1, 0.15) is 28.4 Å². The van der Waals surface area contributed by atoms with E-state index in [1.165, 1.54) is 0 Å². The van der Waals surface area contributed by atoms with Crippen molar-refractivity contribution < 1.29 is 14.2 Å². The molecule has 0 unspecified atom stereocenters. The van der Waals surface area contributed by atoms with E-state index in [4.69, 9.17) is 14.2 Å². The second kappa shape index (κ2) is 5.11. The van der Waals surface area contributed by atoms with Crippen molar-refractivity contribution in [3.63, 3.8) is 0 Å². The second-order valence-electron chi connectivity index (χ2n) is 6.06. The van der Waals surface area contributed by atoms with E-state index in [1.54, 1.807) is 13.0 Å². The predicted octanol–water partition coefficient (Wildman–Crippen LogP) is 3.09. The third kappa shape index (κ3) is 2.11. The summed E-state index contributed by atoms with van der Waals surface area (Å²) in [4.78, 5) is 19.9. The Bertz CT molecular complexity index is 1040. The SMILES string of the molecule is Cc1nc2c(c(=O)[nH]1)[C@@H](c1ccccc1)c1cc3c(cc1O2)OCO3. The third-order valence-electron chi connectivity index (χ3n) is 4.48. The number of hydrogen-bond donors (Lipinski definition) is 1. The second-order valence-corrected chi connectivity index (χ2v) is 6.06. The van der Waals surface area contributed by atoms with E-state index in [0.29, 0.717) is 34.5 Å². The van der Waals surface area contributed by atoms with E-state index in [-0.39, 0.29) is 18.3 Å². The highest BCUT2D eigenvalue weighted by atomic mass is 16.7. The maximum Gasteiger partial charge on any atom is 0.258 e. The maximum atomic E-state index is 12.7. The Balaban J connectivity index is 1.81. The lowest BCUT2D eigenvalue weighted by Gasteiger charge is -2.27. The summed E-state index contributed by atoms with van der Waals surface area (Å²) in [5.41, 5.74) is 2.16. The Morgan fingerprint density at radius 3 is 2.64 bits per heavy atom. The van der Waals surface area contributed by atoms with Gasteiger partial charge in [0.15, 0.2) is 11.5 Å². The van der Waals surface area contributed by atoms with Crippen molar-refractivity contribution in [2.24, 2.45) is 0 Å². The number of ether oxygens (including phenoxy) is 3. The fourth-order valence-corrected chi connectivity index (χ4v) is 3.41. The molecular formula is C19H14N2O4. The molecule has 3 aromatic rings. The molecular weight excluding hydrogens is 320 g/mol. The Morgan fingerprint density at radius 1 is 1.08 bits per heavy atom. The molecule has 0 saturated carbocycles. The van der Waals surface area contributed by atoms with Crippen LogP contribution in [0.5, 0.6) is 23.1 Å². The summed E-state index contributed by atoms with van der Waals surface area (Å²) in [5, 5.41) is 0. The van der Waals surface area contributed by atoms with Gasteiger partial charge in [-0.15, -0.1) is 0 Å². The molecule has 0 spiro atoms. The number of aromatic nitrogens is 2. The summed E-state index contributed by atoms with van der Waals surface area (Å²) >= 11 is 0. The Labute approximate surface area is 143 Å². The number of nitrogens with zero attached hydrogens (tertiary/aromatic N) is 1. The zero-order valence-electron chi connectivity index (χ0n) is 13.4. The molecule has 1 aromatic heterocycles. The van der Waals surface area contributed by atoms with Gasteiger partial charge >= 0.3 is 0 Å². The fourth-order valence-electron chi connectivity index (χ4n) is 3.41. The van der Waals surface area contributed by atoms with Gasteiger partial charge in [-0.2, -0.15) is 4.98 Å². The largest absolute Gasteiger partial charge is 0.454 e. The first-order valence-electron chi connectivity index (χ1n) is 7.98. The molecule has 25 heavy (non-hydrogen) atoms. The van der Waals surface area contributed by atoms with Crippen molar-refractivity contribution >= 4 is 0 Å². The van der Waals surface area contributed by atoms with Gasteiger partial charge in [-0.1, -0.05) is 30.3 Å². The van der Waals surface area contributed by atoms with Crippen molar-refractivity contribution in [1.82, 2.24) is 9.97 Å². The van der Waals surface area contributed by atoms with E-state index in [2.05, 4.69) is 9.97 Å². The molecule has 0 bridgehead atoms. The molecule has 2 aliphatic heterocycles.